The first-order valence-electron chi connectivity index (χ1n) is 5.79. The van der Waals surface area contributed by atoms with E-state index in [1.807, 2.05) is 0 Å². The summed E-state index contributed by atoms with van der Waals surface area (Å²) >= 11 is 11.4. The van der Waals surface area contributed by atoms with Crippen LogP contribution in [0.3, 0.4) is 0 Å². The maximum absolute atomic E-state index is 13.3. The van der Waals surface area contributed by atoms with Crippen molar-refractivity contribution in [2.24, 2.45) is 0 Å². The van der Waals surface area contributed by atoms with Crippen LogP contribution in [0.4, 0.5) is 9.18 Å². The monoisotopic (exact) mass is 317 g/mol. The van der Waals surface area contributed by atoms with Gasteiger partial charge in [0.2, 0.25) is 0 Å². The average molecular weight is 318 g/mol. The van der Waals surface area contributed by atoms with Crippen molar-refractivity contribution in [2.75, 3.05) is 6.54 Å². The fraction of sp³-hybridized carbons (Fsp3) is 0.357. The molecule has 108 valence electrons. The van der Waals surface area contributed by atoms with E-state index in [0.29, 0.717) is 0 Å². The maximum atomic E-state index is 13.3. The lowest BCUT2D eigenvalue weighted by Crippen LogP contribution is -2.32. The van der Waals surface area contributed by atoms with E-state index < -0.39 is 17.5 Å². The van der Waals surface area contributed by atoms with E-state index in [1.54, 1.807) is 20.8 Å². The smallest absolute Gasteiger partial charge is 0.408 e. The van der Waals surface area contributed by atoms with Crippen LogP contribution in [0.2, 0.25) is 10.0 Å². The molecule has 20 heavy (non-hydrogen) atoms. The van der Waals surface area contributed by atoms with E-state index in [9.17, 15) is 9.18 Å². The first-order chi connectivity index (χ1) is 9.19. The molecule has 0 unspecified atom stereocenters. The summed E-state index contributed by atoms with van der Waals surface area (Å²) in [4.78, 5) is 11.3. The van der Waals surface area contributed by atoms with Crippen LogP contribution < -0.4 is 5.32 Å². The standard InChI is InChI=1S/C14H14Cl2FNO2/c1-14(2,3)20-13(19)18-6-4-5-9-7-10(15)8-11(17)12(9)16/h7-8H,6H2,1-3H3,(H,18,19). The Hall–Kier alpha value is -1.44. The third kappa shape index (κ3) is 5.68. The van der Waals surface area contributed by atoms with E-state index in [2.05, 4.69) is 17.2 Å². The van der Waals surface area contributed by atoms with Gasteiger partial charge in [0, 0.05) is 10.6 Å². The van der Waals surface area contributed by atoms with Crippen molar-refractivity contribution in [3.63, 3.8) is 0 Å². The quantitative estimate of drug-likeness (QED) is 0.628. The van der Waals surface area contributed by atoms with Gasteiger partial charge in [-0.15, -0.1) is 0 Å². The second-order valence-electron chi connectivity index (χ2n) is 4.91. The van der Waals surface area contributed by atoms with E-state index in [0.717, 1.165) is 6.07 Å². The van der Waals surface area contributed by atoms with Gasteiger partial charge >= 0.3 is 6.09 Å². The van der Waals surface area contributed by atoms with Gasteiger partial charge in [-0.2, -0.15) is 0 Å². The Balaban J connectivity index is 2.62. The van der Waals surface area contributed by atoms with Crippen LogP contribution in [0.25, 0.3) is 0 Å². The zero-order valence-electron chi connectivity index (χ0n) is 11.3. The number of amides is 1. The van der Waals surface area contributed by atoms with E-state index >= 15 is 0 Å². The summed E-state index contributed by atoms with van der Waals surface area (Å²) in [6.07, 6.45) is -0.574. The summed E-state index contributed by atoms with van der Waals surface area (Å²) in [6, 6.07) is 2.56. The Morgan fingerprint density at radius 1 is 1.40 bits per heavy atom. The molecule has 0 aromatic heterocycles. The van der Waals surface area contributed by atoms with E-state index in [4.69, 9.17) is 27.9 Å². The number of halogens is 3. The molecule has 0 saturated heterocycles. The Morgan fingerprint density at radius 2 is 2.05 bits per heavy atom. The molecule has 0 aliphatic rings. The van der Waals surface area contributed by atoms with Crippen molar-refractivity contribution in [3.8, 4) is 11.8 Å². The van der Waals surface area contributed by atoms with Gasteiger partial charge in [-0.25, -0.2) is 9.18 Å². The molecule has 0 fully saturated rings. The number of rotatable bonds is 1. The third-order valence-corrected chi connectivity index (χ3v) is 2.54. The zero-order valence-corrected chi connectivity index (χ0v) is 12.8. The summed E-state index contributed by atoms with van der Waals surface area (Å²) in [7, 11) is 0. The van der Waals surface area contributed by atoms with Gasteiger partial charge in [-0.05, 0) is 32.9 Å². The van der Waals surface area contributed by atoms with Crippen molar-refractivity contribution in [1.82, 2.24) is 5.32 Å². The van der Waals surface area contributed by atoms with E-state index in [1.165, 1.54) is 6.07 Å². The molecule has 0 bridgehead atoms. The van der Waals surface area contributed by atoms with Crippen LogP contribution in [0.5, 0.6) is 0 Å². The first kappa shape index (κ1) is 16.6. The second-order valence-corrected chi connectivity index (χ2v) is 5.72. The summed E-state index contributed by atoms with van der Waals surface area (Å²) in [5.74, 6) is 4.64. The van der Waals surface area contributed by atoms with Crippen molar-refractivity contribution in [3.05, 3.63) is 33.6 Å². The van der Waals surface area contributed by atoms with Crippen LogP contribution in [0, 0.1) is 17.7 Å². The lowest BCUT2D eigenvalue weighted by atomic mass is 10.2. The van der Waals surface area contributed by atoms with Gasteiger partial charge in [0.05, 0.1) is 11.6 Å². The Morgan fingerprint density at radius 3 is 2.65 bits per heavy atom. The van der Waals surface area contributed by atoms with Gasteiger partial charge in [0.15, 0.2) is 0 Å². The lowest BCUT2D eigenvalue weighted by Gasteiger charge is -2.19. The molecule has 1 aromatic carbocycles. The van der Waals surface area contributed by atoms with Crippen molar-refractivity contribution in [2.45, 2.75) is 26.4 Å². The third-order valence-electron chi connectivity index (χ3n) is 1.94. The second kappa shape index (κ2) is 6.83. The first-order valence-corrected chi connectivity index (χ1v) is 6.55. The molecule has 0 heterocycles. The predicted octanol–water partition coefficient (Wildman–Crippen LogP) is 4.01. The predicted molar refractivity (Wildman–Crippen MR) is 77.5 cm³/mol. The number of carbonyl (C=O) groups excluding carboxylic acids is 1. The number of nitrogens with one attached hydrogen (secondary N) is 1. The molecular weight excluding hydrogens is 304 g/mol. The summed E-state index contributed by atoms with van der Waals surface area (Å²) < 4.78 is 18.3. The highest BCUT2D eigenvalue weighted by Crippen LogP contribution is 2.23. The van der Waals surface area contributed by atoms with E-state index in [-0.39, 0.29) is 22.2 Å². The van der Waals surface area contributed by atoms with Crippen LogP contribution in [-0.2, 0) is 4.74 Å². The molecule has 0 radical (unpaired) electrons. The van der Waals surface area contributed by atoms with Gasteiger partial charge in [-0.1, -0.05) is 35.0 Å². The fourth-order valence-electron chi connectivity index (χ4n) is 1.22. The Bertz CT molecular complexity index is 571. The molecule has 1 amide bonds. The van der Waals surface area contributed by atoms with Crippen LogP contribution in [0.15, 0.2) is 12.1 Å². The molecule has 3 nitrogen and oxygen atoms in total. The topological polar surface area (TPSA) is 38.3 Å². The number of carbonyl (C=O) groups is 1. The lowest BCUT2D eigenvalue weighted by molar-refractivity contribution is 0.0535. The SMILES string of the molecule is CC(C)(C)OC(=O)NCC#Cc1cc(Cl)cc(F)c1Cl. The number of hydrogen-bond donors (Lipinski definition) is 1. The van der Waals surface area contributed by atoms with Crippen LogP contribution >= 0.6 is 23.2 Å². The number of alkyl carbamates (subject to hydrolysis) is 1. The average Bonchev–Trinajstić information content (AvgIpc) is 2.28. The molecular formula is C14H14Cl2FNO2. The summed E-state index contributed by atoms with van der Waals surface area (Å²) in [5.41, 5.74) is -0.306. The molecule has 0 aliphatic carbocycles. The summed E-state index contributed by atoms with van der Waals surface area (Å²) in [6.45, 7) is 5.33. The van der Waals surface area contributed by atoms with Crippen LogP contribution in [-0.4, -0.2) is 18.2 Å². The Kier molecular flexibility index (Phi) is 5.67. The number of hydrogen-bond acceptors (Lipinski definition) is 2. The Labute approximate surface area is 127 Å². The van der Waals surface area contributed by atoms with Gasteiger partial charge in [0.1, 0.15) is 11.4 Å². The zero-order chi connectivity index (χ0) is 15.3. The molecule has 1 rings (SSSR count). The van der Waals surface area contributed by atoms with Crippen LogP contribution in [0.1, 0.15) is 26.3 Å². The highest BCUT2D eigenvalue weighted by atomic mass is 35.5. The molecule has 0 aliphatic heterocycles. The van der Waals surface area contributed by atoms with Gasteiger partial charge < -0.3 is 10.1 Å². The van der Waals surface area contributed by atoms with Crippen molar-refractivity contribution >= 4 is 29.3 Å². The normalized spacial score (nSPS) is 10.5. The number of benzene rings is 1. The molecule has 0 spiro atoms. The minimum absolute atomic E-state index is 0.0549. The molecule has 1 aromatic rings. The molecule has 6 heteroatoms. The van der Waals surface area contributed by atoms with Crippen molar-refractivity contribution in [1.29, 1.82) is 0 Å². The number of ether oxygens (including phenoxy) is 1. The van der Waals surface area contributed by atoms with Crippen molar-refractivity contribution < 1.29 is 13.9 Å². The minimum Gasteiger partial charge on any atom is -0.444 e. The highest BCUT2D eigenvalue weighted by molar-refractivity contribution is 6.34. The van der Waals surface area contributed by atoms with Gasteiger partial charge in [0.25, 0.3) is 0 Å². The largest absolute Gasteiger partial charge is 0.444 e. The highest BCUT2D eigenvalue weighted by Gasteiger charge is 2.15. The molecule has 0 saturated carbocycles. The summed E-state index contributed by atoms with van der Waals surface area (Å²) in [5, 5.41) is 2.56. The fourth-order valence-corrected chi connectivity index (χ4v) is 1.58. The van der Waals surface area contributed by atoms with Gasteiger partial charge in [-0.3, -0.25) is 0 Å². The maximum Gasteiger partial charge on any atom is 0.408 e. The molecule has 0 atom stereocenters. The minimum atomic E-state index is -0.636. The molecule has 1 N–H and O–H groups in total.